The molecule has 19 heavy (non-hydrogen) atoms. The fraction of sp³-hybridized carbons (Fsp3) is 0.417. The fourth-order valence-electron chi connectivity index (χ4n) is 1.42. The van der Waals surface area contributed by atoms with Crippen LogP contribution in [0.4, 0.5) is 0 Å². The van der Waals surface area contributed by atoms with Gasteiger partial charge in [0.25, 0.3) is 0 Å². The average molecular weight is 268 g/mol. The largest absolute Gasteiger partial charge is 0.461 e. The molecule has 104 valence electrons. The maximum absolute atomic E-state index is 11.0. The van der Waals surface area contributed by atoms with Gasteiger partial charge in [-0.3, -0.25) is 19.4 Å². The molecule has 0 aliphatic rings. The number of hydrogen-bond acceptors (Lipinski definition) is 7. The number of ether oxygens (including phenoxy) is 2. The Hall–Kier alpha value is -1.99. The molecule has 0 saturated heterocycles. The van der Waals surface area contributed by atoms with E-state index in [-0.39, 0.29) is 13.2 Å². The zero-order valence-corrected chi connectivity index (χ0v) is 10.8. The summed E-state index contributed by atoms with van der Waals surface area (Å²) >= 11 is 0. The molecule has 0 aliphatic heterocycles. The Bertz CT molecular complexity index is 450. The first-order chi connectivity index (χ1) is 9.02. The van der Waals surface area contributed by atoms with E-state index in [1.54, 1.807) is 18.2 Å². The maximum atomic E-state index is 11.0. The molecule has 0 spiro atoms. The van der Waals surface area contributed by atoms with Crippen LogP contribution in [0, 0.1) is 0 Å². The van der Waals surface area contributed by atoms with Gasteiger partial charge in [0.1, 0.15) is 13.2 Å². The van der Waals surface area contributed by atoms with Gasteiger partial charge in [-0.1, -0.05) is 6.07 Å². The Labute approximate surface area is 110 Å². The lowest BCUT2D eigenvalue weighted by Crippen LogP contribution is -2.18. The minimum Gasteiger partial charge on any atom is -0.461 e. The number of hydrogen-bond donors (Lipinski definition) is 1. The van der Waals surface area contributed by atoms with Crippen LogP contribution in [0.15, 0.2) is 18.2 Å². The van der Waals surface area contributed by atoms with Crippen LogP contribution in [0.2, 0.25) is 0 Å². The molecule has 1 atom stereocenters. The molecule has 1 heterocycles. The molecule has 2 N–H and O–H groups in total. The first kappa shape index (κ1) is 15.1. The van der Waals surface area contributed by atoms with Crippen LogP contribution < -0.4 is 5.90 Å². The van der Waals surface area contributed by atoms with Crippen LogP contribution >= 0.6 is 0 Å². The summed E-state index contributed by atoms with van der Waals surface area (Å²) in [5.41, 5.74) is 1.05. The Morgan fingerprint density at radius 3 is 2.63 bits per heavy atom. The third-order valence-electron chi connectivity index (χ3n) is 2.14. The summed E-state index contributed by atoms with van der Waals surface area (Å²) in [6.07, 6.45) is -0.751. The summed E-state index contributed by atoms with van der Waals surface area (Å²) in [6, 6.07) is 5.10. The quantitative estimate of drug-likeness (QED) is 0.596. The predicted molar refractivity (Wildman–Crippen MR) is 64.4 cm³/mol. The Kier molecular flexibility index (Phi) is 5.91. The molecule has 1 aromatic rings. The van der Waals surface area contributed by atoms with E-state index in [9.17, 15) is 9.59 Å². The zero-order valence-electron chi connectivity index (χ0n) is 10.8. The van der Waals surface area contributed by atoms with Gasteiger partial charge < -0.3 is 9.47 Å². The number of carbonyl (C=O) groups is 2. The molecule has 0 radical (unpaired) electrons. The molecule has 7 heteroatoms. The van der Waals surface area contributed by atoms with E-state index in [4.69, 9.17) is 15.4 Å². The molecule has 1 aromatic heterocycles. The normalized spacial score (nSPS) is 11.7. The highest BCUT2D eigenvalue weighted by molar-refractivity contribution is 5.67. The van der Waals surface area contributed by atoms with Crippen molar-refractivity contribution in [3.8, 4) is 0 Å². The molecule has 7 nitrogen and oxygen atoms in total. The number of nitrogens with two attached hydrogens (primary N) is 1. The van der Waals surface area contributed by atoms with E-state index in [2.05, 4.69) is 9.82 Å². The zero-order chi connectivity index (χ0) is 14.3. The van der Waals surface area contributed by atoms with Gasteiger partial charge in [-0.25, -0.2) is 5.90 Å². The van der Waals surface area contributed by atoms with Crippen molar-refractivity contribution in [3.05, 3.63) is 29.6 Å². The number of nitrogens with zero attached hydrogens (tertiary/aromatic N) is 1. The van der Waals surface area contributed by atoms with Crippen LogP contribution in [0.3, 0.4) is 0 Å². The van der Waals surface area contributed by atoms with Gasteiger partial charge in [0.15, 0.2) is 6.10 Å². The van der Waals surface area contributed by atoms with Gasteiger partial charge in [0.05, 0.1) is 11.4 Å². The second-order valence-corrected chi connectivity index (χ2v) is 3.77. The van der Waals surface area contributed by atoms with Crippen molar-refractivity contribution in [1.29, 1.82) is 0 Å². The third-order valence-corrected chi connectivity index (χ3v) is 2.14. The number of carbonyl (C=O) groups excluding carboxylic acids is 2. The maximum Gasteiger partial charge on any atom is 0.303 e. The standard InChI is InChI=1S/C12H16N2O5/c1-8(15)17-7-12(19-9(2)16)11-5-3-4-10(14-11)6-18-13/h3-5,12H,6-7,13H2,1-2H3. The predicted octanol–water partition coefficient (Wildman–Crippen LogP) is 0.639. The lowest BCUT2D eigenvalue weighted by atomic mass is 10.2. The summed E-state index contributed by atoms with van der Waals surface area (Å²) in [6.45, 7) is 2.59. The van der Waals surface area contributed by atoms with Gasteiger partial charge in [0, 0.05) is 13.8 Å². The monoisotopic (exact) mass is 268 g/mol. The summed E-state index contributed by atoms with van der Waals surface area (Å²) in [4.78, 5) is 30.6. The Balaban J connectivity index is 2.85. The van der Waals surface area contributed by atoms with Gasteiger partial charge in [-0.05, 0) is 12.1 Å². The Morgan fingerprint density at radius 2 is 2.05 bits per heavy atom. The molecule has 0 amide bonds. The minimum atomic E-state index is -0.751. The molecule has 1 unspecified atom stereocenters. The minimum absolute atomic E-state index is 0.0884. The van der Waals surface area contributed by atoms with E-state index in [1.807, 2.05) is 0 Å². The van der Waals surface area contributed by atoms with Crippen molar-refractivity contribution in [2.24, 2.45) is 5.90 Å². The molecule has 0 aromatic carbocycles. The molecular weight excluding hydrogens is 252 g/mol. The van der Waals surface area contributed by atoms with Crippen LogP contribution in [0.1, 0.15) is 31.3 Å². The third kappa shape index (κ3) is 5.45. The van der Waals surface area contributed by atoms with Crippen molar-refractivity contribution in [3.63, 3.8) is 0 Å². The van der Waals surface area contributed by atoms with Gasteiger partial charge in [-0.15, -0.1) is 0 Å². The van der Waals surface area contributed by atoms with Gasteiger partial charge in [0.2, 0.25) is 0 Å². The topological polar surface area (TPSA) is 101 Å². The molecular formula is C12H16N2O5. The van der Waals surface area contributed by atoms with Crippen molar-refractivity contribution < 1.29 is 23.9 Å². The average Bonchev–Trinajstić information content (AvgIpc) is 2.34. The van der Waals surface area contributed by atoms with E-state index in [0.29, 0.717) is 11.4 Å². The second-order valence-electron chi connectivity index (χ2n) is 3.77. The first-order valence-corrected chi connectivity index (χ1v) is 5.61. The SMILES string of the molecule is CC(=O)OCC(OC(C)=O)c1cccc(CON)n1. The van der Waals surface area contributed by atoms with Crippen LogP contribution in [-0.2, 0) is 30.5 Å². The molecule has 0 fully saturated rings. The van der Waals surface area contributed by atoms with Crippen molar-refractivity contribution in [2.75, 3.05) is 6.61 Å². The number of pyridine rings is 1. The Morgan fingerprint density at radius 1 is 1.32 bits per heavy atom. The number of aromatic nitrogens is 1. The fourth-order valence-corrected chi connectivity index (χ4v) is 1.42. The van der Waals surface area contributed by atoms with Gasteiger partial charge >= 0.3 is 11.9 Å². The van der Waals surface area contributed by atoms with E-state index < -0.39 is 18.0 Å². The lowest BCUT2D eigenvalue weighted by Gasteiger charge is -2.16. The molecule has 0 saturated carbocycles. The summed E-state index contributed by atoms with van der Waals surface area (Å²) in [5.74, 6) is 4.02. The number of rotatable bonds is 6. The highest BCUT2D eigenvalue weighted by Crippen LogP contribution is 2.17. The summed E-state index contributed by atoms with van der Waals surface area (Å²) in [5, 5.41) is 0. The number of esters is 2. The summed E-state index contributed by atoms with van der Waals surface area (Å²) < 4.78 is 9.92. The highest BCUT2D eigenvalue weighted by atomic mass is 16.6. The van der Waals surface area contributed by atoms with Gasteiger partial charge in [-0.2, -0.15) is 0 Å². The molecule has 1 rings (SSSR count). The summed E-state index contributed by atoms with van der Waals surface area (Å²) in [7, 11) is 0. The van der Waals surface area contributed by atoms with E-state index >= 15 is 0 Å². The smallest absolute Gasteiger partial charge is 0.303 e. The van der Waals surface area contributed by atoms with Crippen molar-refractivity contribution in [1.82, 2.24) is 4.98 Å². The first-order valence-electron chi connectivity index (χ1n) is 5.61. The second kappa shape index (κ2) is 7.45. The molecule has 0 aliphatic carbocycles. The lowest BCUT2D eigenvalue weighted by molar-refractivity contribution is -0.157. The highest BCUT2D eigenvalue weighted by Gasteiger charge is 2.18. The van der Waals surface area contributed by atoms with Crippen LogP contribution in [0.5, 0.6) is 0 Å². The van der Waals surface area contributed by atoms with Crippen molar-refractivity contribution >= 4 is 11.9 Å². The molecule has 0 bridgehead atoms. The van der Waals surface area contributed by atoms with E-state index in [0.717, 1.165) is 0 Å². The van der Waals surface area contributed by atoms with Crippen LogP contribution in [0.25, 0.3) is 0 Å². The van der Waals surface area contributed by atoms with Crippen molar-refractivity contribution in [2.45, 2.75) is 26.6 Å². The van der Waals surface area contributed by atoms with Crippen LogP contribution in [-0.4, -0.2) is 23.5 Å². The van der Waals surface area contributed by atoms with E-state index in [1.165, 1.54) is 13.8 Å².